The van der Waals surface area contributed by atoms with Crippen molar-refractivity contribution in [3.05, 3.63) is 343 Å². The van der Waals surface area contributed by atoms with Crippen LogP contribution in [0.2, 0.25) is 0 Å². The van der Waals surface area contributed by atoms with Gasteiger partial charge in [-0.05, 0) is 150 Å². The molecule has 16 aromatic carbocycles. The SMILES string of the molecule is CCCCC.Ic1cccc(-c2ccccc2)c1.c1ccc(-c2cccc(-n3c4ccccc4c4c3c3ccccc3c3c5c6ccccc6ccc5n(-c5ccccc5)c34)c2)cc1.c1ccc(-n2c3ccc4ccccc4c3c3c4ccccc4c4[nH]c5ccccc5c4c32)cc1. The van der Waals surface area contributed by atoms with Crippen molar-refractivity contribution in [3.63, 3.8) is 0 Å². The van der Waals surface area contributed by atoms with Gasteiger partial charge in [0.2, 0.25) is 0 Å². The molecule has 0 saturated heterocycles. The van der Waals surface area contributed by atoms with E-state index < -0.39 is 0 Å². The molecule has 5 heteroatoms. The highest BCUT2D eigenvalue weighted by Gasteiger charge is 2.27. The fourth-order valence-electron chi connectivity index (χ4n) is 15.3. The number of benzene rings is 16. The molecule has 0 atom stereocenters. The van der Waals surface area contributed by atoms with Crippen LogP contribution in [0.3, 0.4) is 0 Å². The Hall–Kier alpha value is -11.5. The van der Waals surface area contributed by atoms with Crippen LogP contribution in [-0.4, -0.2) is 18.7 Å². The molecular formula is C93H69IN4. The third kappa shape index (κ3) is 10.4. The van der Waals surface area contributed by atoms with Crippen molar-refractivity contribution in [1.82, 2.24) is 18.7 Å². The van der Waals surface area contributed by atoms with Crippen LogP contribution in [0.5, 0.6) is 0 Å². The second kappa shape index (κ2) is 25.9. The second-order valence-electron chi connectivity index (χ2n) is 25.4. The van der Waals surface area contributed by atoms with E-state index in [0.29, 0.717) is 0 Å². The smallest absolute Gasteiger partial charge is 0.0648 e. The van der Waals surface area contributed by atoms with E-state index in [2.05, 4.69) is 389 Å². The molecule has 98 heavy (non-hydrogen) atoms. The first kappa shape index (κ1) is 60.2. The molecule has 4 aromatic heterocycles. The van der Waals surface area contributed by atoms with Crippen molar-refractivity contribution in [2.24, 2.45) is 0 Å². The molecule has 0 bridgehead atoms. The summed E-state index contributed by atoms with van der Waals surface area (Å²) in [6.45, 7) is 4.42. The average Bonchev–Trinajstić information content (AvgIpc) is 1.52. The third-order valence-electron chi connectivity index (χ3n) is 19.6. The molecule has 1 N–H and O–H groups in total. The molecule has 0 aliphatic heterocycles. The number of H-pyrrole nitrogens is 1. The molecule has 0 amide bonds. The molecular weight excluding hydrogens is 1300 g/mol. The van der Waals surface area contributed by atoms with Crippen LogP contribution in [-0.2, 0) is 0 Å². The molecule has 4 nitrogen and oxygen atoms in total. The number of aromatic nitrogens is 4. The first-order chi connectivity index (χ1) is 48.5. The Morgan fingerprint density at radius 2 is 0.673 bits per heavy atom. The molecule has 0 aliphatic rings. The van der Waals surface area contributed by atoms with E-state index in [1.54, 1.807) is 0 Å². The standard InChI is InChI=1S/C44H28N2.C32H20N2.C12H9I.C5H12/c1-3-14-29(15-4-1)31-17-13-20-33(28-31)46-38-25-12-11-24-37(38)42-43(46)36-23-10-9-22-35(36)41-40-34-21-8-7-16-30(34)26-27-39(40)45(44(41)42)32-18-5-2-6-19-32;1-2-11-21(12-3-1)34-27-19-18-20-10-4-5-13-22(20)28(27)29-23-14-6-7-15-24(23)31-30(32(29)34)25-16-8-9-17-26(25)33-31;13-12-8-4-7-11(9-12)10-5-2-1-3-6-10;1-3-5-4-2/h1-28H;1-19,33H;1-9H;3-5H2,1-2H3. The lowest BCUT2D eigenvalue weighted by Gasteiger charge is -2.14. The minimum atomic E-state index is 1.16. The number of rotatable bonds is 7. The number of halogens is 1. The Morgan fingerprint density at radius 3 is 1.22 bits per heavy atom. The molecule has 20 rings (SSSR count). The van der Waals surface area contributed by atoms with Crippen LogP contribution < -0.4 is 0 Å². The summed E-state index contributed by atoms with van der Waals surface area (Å²) in [4.78, 5) is 3.76. The summed E-state index contributed by atoms with van der Waals surface area (Å²) >= 11 is 2.33. The lowest BCUT2D eigenvalue weighted by atomic mass is 9.97. The lowest BCUT2D eigenvalue weighted by Crippen LogP contribution is -1.96. The van der Waals surface area contributed by atoms with E-state index in [0.717, 1.165) is 11.4 Å². The van der Waals surface area contributed by atoms with E-state index in [4.69, 9.17) is 0 Å². The zero-order valence-corrected chi connectivity index (χ0v) is 56.8. The zero-order chi connectivity index (χ0) is 65.6. The first-order valence-corrected chi connectivity index (χ1v) is 35.3. The van der Waals surface area contributed by atoms with Crippen LogP contribution in [0, 0.1) is 3.57 Å². The average molecular weight is 1370 g/mol. The molecule has 0 unspecified atom stereocenters. The number of aromatic amines is 1. The summed E-state index contributed by atoms with van der Waals surface area (Å²) in [5.74, 6) is 0. The Bertz CT molecular complexity index is 6350. The molecule has 468 valence electrons. The second-order valence-corrected chi connectivity index (χ2v) is 26.6. The van der Waals surface area contributed by atoms with Crippen LogP contribution >= 0.6 is 22.6 Å². The lowest BCUT2D eigenvalue weighted by molar-refractivity contribution is 0.772. The molecule has 4 heterocycles. The van der Waals surface area contributed by atoms with Crippen molar-refractivity contribution in [3.8, 4) is 39.3 Å². The fourth-order valence-corrected chi connectivity index (χ4v) is 15.9. The summed E-state index contributed by atoms with van der Waals surface area (Å²) in [6, 6.07) is 122. The fraction of sp³-hybridized carbons (Fsp3) is 0.0538. The van der Waals surface area contributed by atoms with Gasteiger partial charge in [-0.3, -0.25) is 0 Å². The summed E-state index contributed by atoms with van der Waals surface area (Å²) in [5, 5.41) is 20.5. The monoisotopic (exact) mass is 1370 g/mol. The molecule has 0 aliphatic carbocycles. The van der Waals surface area contributed by atoms with Gasteiger partial charge in [-0.2, -0.15) is 0 Å². The van der Waals surface area contributed by atoms with E-state index in [9.17, 15) is 0 Å². The van der Waals surface area contributed by atoms with E-state index in [1.807, 2.05) is 6.07 Å². The maximum absolute atomic E-state index is 3.76. The molecule has 0 spiro atoms. The zero-order valence-electron chi connectivity index (χ0n) is 54.7. The number of nitrogens with zero attached hydrogens (tertiary/aromatic N) is 3. The maximum atomic E-state index is 3.76. The van der Waals surface area contributed by atoms with Crippen LogP contribution in [0.4, 0.5) is 0 Å². The van der Waals surface area contributed by atoms with E-state index >= 15 is 0 Å². The Labute approximate surface area is 583 Å². The van der Waals surface area contributed by atoms with Gasteiger partial charge in [0.1, 0.15) is 0 Å². The molecule has 0 saturated carbocycles. The Kier molecular flexibility index (Phi) is 15.9. The van der Waals surface area contributed by atoms with Gasteiger partial charge in [-0.15, -0.1) is 0 Å². The number of para-hydroxylation sites is 4. The summed E-state index contributed by atoms with van der Waals surface area (Å²) in [6.07, 6.45) is 4.08. The van der Waals surface area contributed by atoms with Crippen LogP contribution in [0.15, 0.2) is 340 Å². The predicted octanol–water partition coefficient (Wildman–Crippen LogP) is 26.7. The third-order valence-corrected chi connectivity index (χ3v) is 20.2. The number of hydrogen-bond acceptors (Lipinski definition) is 0. The first-order valence-electron chi connectivity index (χ1n) is 34.2. The van der Waals surface area contributed by atoms with Gasteiger partial charge in [-0.1, -0.05) is 300 Å². The van der Waals surface area contributed by atoms with Gasteiger partial charge >= 0.3 is 0 Å². The van der Waals surface area contributed by atoms with Gasteiger partial charge in [0.15, 0.2) is 0 Å². The predicted molar refractivity (Wildman–Crippen MR) is 431 cm³/mol. The van der Waals surface area contributed by atoms with Crippen LogP contribution in [0.1, 0.15) is 33.1 Å². The Balaban J connectivity index is 0.000000121. The molecule has 0 radical (unpaired) electrons. The molecule has 0 fully saturated rings. The van der Waals surface area contributed by atoms with Crippen molar-refractivity contribution in [1.29, 1.82) is 0 Å². The minimum absolute atomic E-state index is 1.16. The largest absolute Gasteiger partial charge is 0.354 e. The normalized spacial score (nSPS) is 11.5. The van der Waals surface area contributed by atoms with E-state index in [-0.39, 0.29) is 0 Å². The summed E-state index contributed by atoms with van der Waals surface area (Å²) < 4.78 is 8.73. The number of unbranched alkanes of at least 4 members (excludes halogenated alkanes) is 2. The topological polar surface area (TPSA) is 30.6 Å². The van der Waals surface area contributed by atoms with Crippen LogP contribution in [0.25, 0.3) is 170 Å². The van der Waals surface area contributed by atoms with Gasteiger partial charge < -0.3 is 18.7 Å². The van der Waals surface area contributed by atoms with Gasteiger partial charge in [0, 0.05) is 80.0 Å². The van der Waals surface area contributed by atoms with Crippen molar-refractivity contribution < 1.29 is 0 Å². The van der Waals surface area contributed by atoms with E-state index in [1.165, 1.54) is 181 Å². The van der Waals surface area contributed by atoms with Crippen molar-refractivity contribution >= 4 is 153 Å². The summed E-state index contributed by atoms with van der Waals surface area (Å²) in [5.41, 5.74) is 18.3. The summed E-state index contributed by atoms with van der Waals surface area (Å²) in [7, 11) is 0. The number of hydrogen-bond donors (Lipinski definition) is 1. The van der Waals surface area contributed by atoms with Gasteiger partial charge in [0.05, 0.1) is 38.6 Å². The number of fused-ring (bicyclic) bond motifs is 24. The number of nitrogens with one attached hydrogen (secondary N) is 1. The minimum Gasteiger partial charge on any atom is -0.354 e. The van der Waals surface area contributed by atoms with Gasteiger partial charge in [-0.25, -0.2) is 0 Å². The quantitative estimate of drug-likeness (QED) is 0.154. The van der Waals surface area contributed by atoms with Crippen molar-refractivity contribution in [2.75, 3.05) is 0 Å². The Morgan fingerprint density at radius 1 is 0.265 bits per heavy atom. The van der Waals surface area contributed by atoms with Crippen molar-refractivity contribution in [2.45, 2.75) is 33.1 Å². The maximum Gasteiger partial charge on any atom is 0.0648 e. The highest BCUT2D eigenvalue weighted by Crippen LogP contribution is 2.50. The van der Waals surface area contributed by atoms with Gasteiger partial charge in [0.25, 0.3) is 0 Å². The highest BCUT2D eigenvalue weighted by atomic mass is 127. The highest BCUT2D eigenvalue weighted by molar-refractivity contribution is 14.1. The molecule has 20 aromatic rings.